The van der Waals surface area contributed by atoms with Crippen LogP contribution in [-0.4, -0.2) is 65.5 Å². The van der Waals surface area contributed by atoms with Gasteiger partial charge in [0.15, 0.2) is 0 Å². The second-order valence-electron chi connectivity index (χ2n) is 8.19. The van der Waals surface area contributed by atoms with Gasteiger partial charge < -0.3 is 14.5 Å². The highest BCUT2D eigenvalue weighted by molar-refractivity contribution is 5.84. The zero-order valence-electron chi connectivity index (χ0n) is 17.8. The SMILES string of the molecule is C=CCN1CCN(C(=O)[C@@H]2CCCO2)C[C@H](Cc2ccc(-c3ccncc3)cc2)C1=O. The van der Waals surface area contributed by atoms with Crippen molar-refractivity contribution in [2.75, 3.05) is 32.8 Å². The third kappa shape index (κ3) is 5.02. The van der Waals surface area contributed by atoms with Crippen molar-refractivity contribution in [2.45, 2.75) is 25.4 Å². The van der Waals surface area contributed by atoms with E-state index in [1.807, 2.05) is 21.9 Å². The standard InChI is InChI=1S/C25H29N3O3/c1-2-13-27-14-15-28(25(30)23-4-3-16-31-23)18-22(24(27)29)17-19-5-7-20(8-6-19)21-9-11-26-12-10-21/h2,5-12,22-23H,1,3-4,13-18H2/t22-,23-/m0/s1. The molecule has 0 aliphatic carbocycles. The first-order valence-electron chi connectivity index (χ1n) is 10.9. The normalized spacial score (nSPS) is 21.7. The summed E-state index contributed by atoms with van der Waals surface area (Å²) in [7, 11) is 0. The molecule has 1 aromatic heterocycles. The molecule has 3 heterocycles. The first-order chi connectivity index (χ1) is 15.2. The Kier molecular flexibility index (Phi) is 6.77. The Bertz CT molecular complexity index is 907. The van der Waals surface area contributed by atoms with Crippen LogP contribution in [-0.2, 0) is 20.7 Å². The van der Waals surface area contributed by atoms with Crippen molar-refractivity contribution in [3.8, 4) is 11.1 Å². The number of hydrogen-bond donors (Lipinski definition) is 0. The number of hydrogen-bond acceptors (Lipinski definition) is 4. The fourth-order valence-electron chi connectivity index (χ4n) is 4.37. The zero-order valence-corrected chi connectivity index (χ0v) is 17.8. The number of amides is 2. The van der Waals surface area contributed by atoms with Crippen LogP contribution in [0.25, 0.3) is 11.1 Å². The minimum atomic E-state index is -0.360. The highest BCUT2D eigenvalue weighted by atomic mass is 16.5. The number of pyridine rings is 1. The minimum absolute atomic E-state index is 0.0174. The number of ether oxygens (including phenoxy) is 1. The van der Waals surface area contributed by atoms with Gasteiger partial charge in [-0.1, -0.05) is 30.3 Å². The third-order valence-corrected chi connectivity index (χ3v) is 6.06. The summed E-state index contributed by atoms with van der Waals surface area (Å²) in [5.74, 6) is -0.177. The fraction of sp³-hybridized carbons (Fsp3) is 0.400. The number of aromatic nitrogens is 1. The predicted octanol–water partition coefficient (Wildman–Crippen LogP) is 2.94. The Balaban J connectivity index is 1.51. The van der Waals surface area contributed by atoms with Crippen molar-refractivity contribution in [1.29, 1.82) is 0 Å². The van der Waals surface area contributed by atoms with Gasteiger partial charge >= 0.3 is 0 Å². The molecular weight excluding hydrogens is 390 g/mol. The average Bonchev–Trinajstić information content (AvgIpc) is 3.30. The smallest absolute Gasteiger partial charge is 0.251 e. The van der Waals surface area contributed by atoms with Gasteiger partial charge in [0, 0.05) is 45.2 Å². The van der Waals surface area contributed by atoms with Gasteiger partial charge in [-0.2, -0.15) is 0 Å². The molecule has 0 saturated carbocycles. The average molecular weight is 420 g/mol. The summed E-state index contributed by atoms with van der Waals surface area (Å²) in [5.41, 5.74) is 3.31. The third-order valence-electron chi connectivity index (χ3n) is 6.06. The van der Waals surface area contributed by atoms with Crippen LogP contribution in [0, 0.1) is 5.92 Å². The molecule has 0 unspecified atom stereocenters. The van der Waals surface area contributed by atoms with Crippen molar-refractivity contribution in [3.05, 3.63) is 67.0 Å². The van der Waals surface area contributed by atoms with Crippen molar-refractivity contribution < 1.29 is 14.3 Å². The van der Waals surface area contributed by atoms with Crippen LogP contribution in [0.2, 0.25) is 0 Å². The van der Waals surface area contributed by atoms with Crippen molar-refractivity contribution >= 4 is 11.8 Å². The maximum absolute atomic E-state index is 13.2. The summed E-state index contributed by atoms with van der Waals surface area (Å²) >= 11 is 0. The molecular formula is C25H29N3O3. The number of carbonyl (C=O) groups excluding carboxylic acids is 2. The number of benzene rings is 1. The fourth-order valence-corrected chi connectivity index (χ4v) is 4.37. The van der Waals surface area contributed by atoms with Gasteiger partial charge in [-0.25, -0.2) is 0 Å². The van der Waals surface area contributed by atoms with Crippen molar-refractivity contribution in [3.63, 3.8) is 0 Å². The first-order valence-corrected chi connectivity index (χ1v) is 10.9. The largest absolute Gasteiger partial charge is 0.368 e. The second-order valence-corrected chi connectivity index (χ2v) is 8.19. The predicted molar refractivity (Wildman–Crippen MR) is 119 cm³/mol. The summed E-state index contributed by atoms with van der Waals surface area (Å²) in [4.78, 5) is 33.9. The second kappa shape index (κ2) is 9.88. The van der Waals surface area contributed by atoms with E-state index < -0.39 is 0 Å². The molecule has 2 aliphatic heterocycles. The Hall–Kier alpha value is -2.99. The van der Waals surface area contributed by atoms with Gasteiger partial charge in [0.25, 0.3) is 5.91 Å². The van der Waals surface area contributed by atoms with Gasteiger partial charge in [0.05, 0.1) is 5.92 Å². The molecule has 6 heteroatoms. The lowest BCUT2D eigenvalue weighted by Gasteiger charge is -2.25. The molecule has 2 aliphatic rings. The molecule has 1 aromatic carbocycles. The van der Waals surface area contributed by atoms with E-state index in [0.717, 1.165) is 29.5 Å². The molecule has 6 nitrogen and oxygen atoms in total. The summed E-state index contributed by atoms with van der Waals surface area (Å²) in [6, 6.07) is 12.2. The Morgan fingerprint density at radius 1 is 1.13 bits per heavy atom. The van der Waals surface area contributed by atoms with E-state index in [4.69, 9.17) is 4.74 Å². The summed E-state index contributed by atoms with van der Waals surface area (Å²) in [6.45, 7) is 6.42. The lowest BCUT2D eigenvalue weighted by Crippen LogP contribution is -2.42. The lowest BCUT2D eigenvalue weighted by molar-refractivity contribution is -0.141. The molecule has 0 bridgehead atoms. The lowest BCUT2D eigenvalue weighted by atomic mass is 9.95. The van der Waals surface area contributed by atoms with E-state index in [2.05, 4.69) is 35.8 Å². The molecule has 2 aromatic rings. The van der Waals surface area contributed by atoms with Gasteiger partial charge in [0.1, 0.15) is 6.10 Å². The first kappa shape index (κ1) is 21.2. The molecule has 0 radical (unpaired) electrons. The molecule has 0 N–H and O–H groups in total. The van der Waals surface area contributed by atoms with Crippen LogP contribution in [0.15, 0.2) is 61.4 Å². The molecule has 2 amide bonds. The minimum Gasteiger partial charge on any atom is -0.368 e. The van der Waals surface area contributed by atoms with E-state index in [1.165, 1.54) is 0 Å². The van der Waals surface area contributed by atoms with Crippen LogP contribution in [0.4, 0.5) is 0 Å². The van der Waals surface area contributed by atoms with Crippen LogP contribution < -0.4 is 0 Å². The zero-order chi connectivity index (χ0) is 21.6. The molecule has 2 atom stereocenters. The van der Waals surface area contributed by atoms with Gasteiger partial charge in [-0.3, -0.25) is 14.6 Å². The molecule has 31 heavy (non-hydrogen) atoms. The summed E-state index contributed by atoms with van der Waals surface area (Å²) < 4.78 is 5.61. The Morgan fingerprint density at radius 2 is 1.87 bits per heavy atom. The highest BCUT2D eigenvalue weighted by Gasteiger charge is 2.35. The molecule has 2 fully saturated rings. The van der Waals surface area contributed by atoms with E-state index in [9.17, 15) is 9.59 Å². The maximum atomic E-state index is 13.2. The van der Waals surface area contributed by atoms with Crippen molar-refractivity contribution in [1.82, 2.24) is 14.8 Å². The highest BCUT2D eigenvalue weighted by Crippen LogP contribution is 2.23. The van der Waals surface area contributed by atoms with Gasteiger partial charge in [0.2, 0.25) is 5.91 Å². The van der Waals surface area contributed by atoms with E-state index in [-0.39, 0.29) is 23.8 Å². The van der Waals surface area contributed by atoms with Gasteiger partial charge in [-0.15, -0.1) is 6.58 Å². The van der Waals surface area contributed by atoms with E-state index in [0.29, 0.717) is 39.2 Å². The van der Waals surface area contributed by atoms with Crippen LogP contribution in [0.1, 0.15) is 18.4 Å². The maximum Gasteiger partial charge on any atom is 0.251 e. The van der Waals surface area contributed by atoms with Gasteiger partial charge in [-0.05, 0) is 48.1 Å². The molecule has 162 valence electrons. The number of rotatable bonds is 6. The quantitative estimate of drug-likeness (QED) is 0.676. The molecule has 2 saturated heterocycles. The summed E-state index contributed by atoms with van der Waals surface area (Å²) in [5, 5.41) is 0. The van der Waals surface area contributed by atoms with Crippen LogP contribution >= 0.6 is 0 Å². The van der Waals surface area contributed by atoms with E-state index >= 15 is 0 Å². The van der Waals surface area contributed by atoms with E-state index in [1.54, 1.807) is 18.5 Å². The molecule has 4 rings (SSSR count). The monoisotopic (exact) mass is 419 g/mol. The van der Waals surface area contributed by atoms with Crippen molar-refractivity contribution in [2.24, 2.45) is 5.92 Å². The number of carbonyl (C=O) groups is 2. The van der Waals surface area contributed by atoms with Crippen LogP contribution in [0.3, 0.4) is 0 Å². The Morgan fingerprint density at radius 3 is 2.55 bits per heavy atom. The molecule has 0 spiro atoms. The Labute approximate surface area is 183 Å². The topological polar surface area (TPSA) is 62.7 Å². The number of nitrogens with zero attached hydrogens (tertiary/aromatic N) is 3. The van der Waals surface area contributed by atoms with Crippen LogP contribution in [0.5, 0.6) is 0 Å². The summed E-state index contributed by atoms with van der Waals surface area (Å²) in [6.07, 6.45) is 7.22.